The SMILES string of the molecule is CCC(C)OC(C)S. The minimum Gasteiger partial charge on any atom is -0.365 e. The topological polar surface area (TPSA) is 9.23 Å². The van der Waals surface area contributed by atoms with Crippen LogP contribution >= 0.6 is 12.6 Å². The van der Waals surface area contributed by atoms with E-state index in [0.717, 1.165) is 6.42 Å². The molecular weight excluding hydrogens is 120 g/mol. The van der Waals surface area contributed by atoms with Gasteiger partial charge in [-0.15, -0.1) is 12.6 Å². The van der Waals surface area contributed by atoms with Gasteiger partial charge in [0, 0.05) is 0 Å². The Hall–Kier alpha value is 0.310. The van der Waals surface area contributed by atoms with Crippen molar-refractivity contribution in [2.45, 2.75) is 38.7 Å². The van der Waals surface area contributed by atoms with Crippen molar-refractivity contribution in [2.75, 3.05) is 0 Å². The molecule has 2 heteroatoms. The quantitative estimate of drug-likeness (QED) is 0.459. The highest BCUT2D eigenvalue weighted by Crippen LogP contribution is 2.03. The van der Waals surface area contributed by atoms with Gasteiger partial charge < -0.3 is 4.74 Å². The molecule has 0 amide bonds. The fourth-order valence-electron chi connectivity index (χ4n) is 0.432. The van der Waals surface area contributed by atoms with E-state index in [1.807, 2.05) is 13.8 Å². The van der Waals surface area contributed by atoms with Crippen molar-refractivity contribution in [2.24, 2.45) is 0 Å². The van der Waals surface area contributed by atoms with Crippen LogP contribution in [0.3, 0.4) is 0 Å². The fraction of sp³-hybridized carbons (Fsp3) is 1.00. The Labute approximate surface area is 56.8 Å². The summed E-state index contributed by atoms with van der Waals surface area (Å²) >= 11 is 4.07. The normalized spacial score (nSPS) is 18.0. The summed E-state index contributed by atoms with van der Waals surface area (Å²) in [5, 5.41) is 0. The van der Waals surface area contributed by atoms with Gasteiger partial charge in [0.1, 0.15) is 0 Å². The van der Waals surface area contributed by atoms with Gasteiger partial charge in [-0.2, -0.15) is 0 Å². The zero-order valence-electron chi connectivity index (χ0n) is 5.72. The Balaban J connectivity index is 3.10. The average molecular weight is 134 g/mol. The van der Waals surface area contributed by atoms with E-state index in [4.69, 9.17) is 4.74 Å². The molecule has 0 fully saturated rings. The Morgan fingerprint density at radius 2 is 2.00 bits per heavy atom. The maximum atomic E-state index is 5.26. The van der Waals surface area contributed by atoms with Gasteiger partial charge in [0.25, 0.3) is 0 Å². The van der Waals surface area contributed by atoms with Crippen LogP contribution in [0.15, 0.2) is 0 Å². The third-order valence-corrected chi connectivity index (χ3v) is 1.13. The molecule has 0 aliphatic carbocycles. The predicted octanol–water partition coefficient (Wildman–Crippen LogP) is 2.08. The van der Waals surface area contributed by atoms with Crippen molar-refractivity contribution in [3.63, 3.8) is 0 Å². The molecule has 0 aliphatic heterocycles. The highest BCUT2D eigenvalue weighted by atomic mass is 32.1. The van der Waals surface area contributed by atoms with Gasteiger partial charge in [0.15, 0.2) is 0 Å². The maximum Gasteiger partial charge on any atom is 0.0974 e. The van der Waals surface area contributed by atoms with Crippen LogP contribution in [-0.2, 0) is 4.74 Å². The first-order valence-corrected chi connectivity index (χ1v) is 3.52. The van der Waals surface area contributed by atoms with Crippen molar-refractivity contribution in [1.29, 1.82) is 0 Å². The molecule has 0 saturated carbocycles. The Morgan fingerprint density at radius 3 is 2.12 bits per heavy atom. The number of rotatable bonds is 3. The molecule has 50 valence electrons. The summed E-state index contributed by atoms with van der Waals surface area (Å²) in [7, 11) is 0. The average Bonchev–Trinajstić information content (AvgIpc) is 1.65. The summed E-state index contributed by atoms with van der Waals surface area (Å²) in [6.45, 7) is 6.07. The molecule has 1 nitrogen and oxygen atoms in total. The predicted molar refractivity (Wildman–Crippen MR) is 39.3 cm³/mol. The molecule has 0 radical (unpaired) electrons. The lowest BCUT2D eigenvalue weighted by atomic mass is 10.3. The van der Waals surface area contributed by atoms with Crippen molar-refractivity contribution < 1.29 is 4.74 Å². The molecule has 0 spiro atoms. The summed E-state index contributed by atoms with van der Waals surface area (Å²) in [6, 6.07) is 0. The van der Waals surface area contributed by atoms with Crippen molar-refractivity contribution in [3.05, 3.63) is 0 Å². The fourth-order valence-corrected chi connectivity index (χ4v) is 0.640. The van der Waals surface area contributed by atoms with E-state index >= 15 is 0 Å². The van der Waals surface area contributed by atoms with E-state index in [9.17, 15) is 0 Å². The van der Waals surface area contributed by atoms with Crippen LogP contribution in [0.5, 0.6) is 0 Å². The first-order chi connectivity index (χ1) is 3.66. The van der Waals surface area contributed by atoms with Crippen LogP contribution in [0, 0.1) is 0 Å². The van der Waals surface area contributed by atoms with E-state index in [1.165, 1.54) is 0 Å². The number of hydrogen-bond acceptors (Lipinski definition) is 2. The Kier molecular flexibility index (Phi) is 4.38. The number of thiol groups is 1. The molecule has 2 atom stereocenters. The molecule has 0 N–H and O–H groups in total. The first kappa shape index (κ1) is 8.31. The minimum absolute atomic E-state index is 0.0740. The number of hydrogen-bond donors (Lipinski definition) is 1. The first-order valence-electron chi connectivity index (χ1n) is 3.00. The van der Waals surface area contributed by atoms with Gasteiger partial charge >= 0.3 is 0 Å². The van der Waals surface area contributed by atoms with Crippen LogP contribution < -0.4 is 0 Å². The molecule has 8 heavy (non-hydrogen) atoms. The van der Waals surface area contributed by atoms with E-state index in [-0.39, 0.29) is 5.44 Å². The molecule has 2 unspecified atom stereocenters. The smallest absolute Gasteiger partial charge is 0.0974 e. The lowest BCUT2D eigenvalue weighted by Crippen LogP contribution is -2.10. The van der Waals surface area contributed by atoms with Crippen LogP contribution in [0.25, 0.3) is 0 Å². The zero-order chi connectivity index (χ0) is 6.57. The molecule has 0 saturated heterocycles. The summed E-state index contributed by atoms with van der Waals surface area (Å²) in [5.41, 5.74) is 0.0740. The van der Waals surface area contributed by atoms with Crippen LogP contribution in [0.2, 0.25) is 0 Å². The van der Waals surface area contributed by atoms with Gasteiger partial charge in [-0.1, -0.05) is 6.92 Å². The molecule has 0 rings (SSSR count). The second-order valence-corrected chi connectivity index (χ2v) is 2.68. The molecule has 0 aliphatic rings. The van der Waals surface area contributed by atoms with E-state index in [0.29, 0.717) is 6.10 Å². The van der Waals surface area contributed by atoms with Gasteiger partial charge in [-0.3, -0.25) is 0 Å². The standard InChI is InChI=1S/C6H14OS/c1-4-5(2)7-6(3)8/h5-6,8H,4H2,1-3H3. The lowest BCUT2D eigenvalue weighted by molar-refractivity contribution is 0.0553. The summed E-state index contributed by atoms with van der Waals surface area (Å²) < 4.78 is 5.26. The summed E-state index contributed by atoms with van der Waals surface area (Å²) in [4.78, 5) is 0. The van der Waals surface area contributed by atoms with Crippen molar-refractivity contribution in [3.8, 4) is 0 Å². The zero-order valence-corrected chi connectivity index (χ0v) is 6.61. The van der Waals surface area contributed by atoms with E-state index < -0.39 is 0 Å². The highest BCUT2D eigenvalue weighted by molar-refractivity contribution is 7.80. The largest absolute Gasteiger partial charge is 0.365 e. The monoisotopic (exact) mass is 134 g/mol. The van der Waals surface area contributed by atoms with Crippen molar-refractivity contribution in [1.82, 2.24) is 0 Å². The van der Waals surface area contributed by atoms with E-state index in [2.05, 4.69) is 19.6 Å². The van der Waals surface area contributed by atoms with Crippen LogP contribution in [0.1, 0.15) is 27.2 Å². The third kappa shape index (κ3) is 4.47. The second kappa shape index (κ2) is 4.21. The molecule has 0 aromatic carbocycles. The minimum atomic E-state index is 0.0740. The van der Waals surface area contributed by atoms with Gasteiger partial charge in [-0.25, -0.2) is 0 Å². The Bertz CT molecular complexity index is 54.5. The van der Waals surface area contributed by atoms with Gasteiger partial charge in [-0.05, 0) is 20.3 Å². The molecule has 0 aromatic rings. The Morgan fingerprint density at radius 1 is 1.50 bits per heavy atom. The van der Waals surface area contributed by atoms with E-state index in [1.54, 1.807) is 0 Å². The van der Waals surface area contributed by atoms with Crippen LogP contribution in [0.4, 0.5) is 0 Å². The molecule has 0 aromatic heterocycles. The highest BCUT2D eigenvalue weighted by Gasteiger charge is 1.99. The molecule has 0 heterocycles. The van der Waals surface area contributed by atoms with Crippen molar-refractivity contribution >= 4 is 12.6 Å². The maximum absolute atomic E-state index is 5.26. The summed E-state index contributed by atoms with van der Waals surface area (Å²) in [6.07, 6.45) is 1.41. The third-order valence-electron chi connectivity index (χ3n) is 1.00. The van der Waals surface area contributed by atoms with Gasteiger partial charge in [0.05, 0.1) is 11.5 Å². The molecular formula is C6H14OS. The molecule has 0 bridgehead atoms. The number of ether oxygens (including phenoxy) is 1. The summed E-state index contributed by atoms with van der Waals surface area (Å²) in [5.74, 6) is 0. The second-order valence-electron chi connectivity index (χ2n) is 1.95. The van der Waals surface area contributed by atoms with Crippen LogP contribution in [-0.4, -0.2) is 11.5 Å². The lowest BCUT2D eigenvalue weighted by Gasteiger charge is -2.12. The van der Waals surface area contributed by atoms with Gasteiger partial charge in [0.2, 0.25) is 0 Å².